The summed E-state index contributed by atoms with van der Waals surface area (Å²) < 4.78 is 44.3. The van der Waals surface area contributed by atoms with Crippen LogP contribution in [0.1, 0.15) is 12.8 Å². The molecule has 0 bridgehead atoms. The highest BCUT2D eigenvalue weighted by atomic mass is 19.4. The molecule has 6 heteroatoms. The largest absolute Gasteiger partial charge is 0.411 e. The first-order chi connectivity index (χ1) is 6.99. The lowest BCUT2D eigenvalue weighted by Gasteiger charge is -2.08. The van der Waals surface area contributed by atoms with E-state index in [4.69, 9.17) is 4.74 Å². The van der Waals surface area contributed by atoms with Crippen LogP contribution in [0.5, 0.6) is 0 Å². The van der Waals surface area contributed by atoms with Gasteiger partial charge >= 0.3 is 6.18 Å². The maximum Gasteiger partial charge on any atom is 0.411 e. The van der Waals surface area contributed by atoms with E-state index in [0.29, 0.717) is 19.6 Å². The SMILES string of the molecule is O=C(CCOCC(F)(F)F)C1CCOC1. The van der Waals surface area contributed by atoms with Crippen LogP contribution >= 0.6 is 0 Å². The van der Waals surface area contributed by atoms with Crippen molar-refractivity contribution >= 4 is 5.78 Å². The lowest BCUT2D eigenvalue weighted by Crippen LogP contribution is -2.20. The van der Waals surface area contributed by atoms with E-state index in [2.05, 4.69) is 4.74 Å². The summed E-state index contributed by atoms with van der Waals surface area (Å²) in [6.45, 7) is -0.520. The Hall–Kier alpha value is -0.620. The van der Waals surface area contributed by atoms with Crippen molar-refractivity contribution < 1.29 is 27.4 Å². The maximum absolute atomic E-state index is 11.7. The number of hydrogen-bond donors (Lipinski definition) is 0. The van der Waals surface area contributed by atoms with Crippen LogP contribution in [0.25, 0.3) is 0 Å². The van der Waals surface area contributed by atoms with E-state index in [1.807, 2.05) is 0 Å². The van der Waals surface area contributed by atoms with Crippen molar-refractivity contribution in [1.82, 2.24) is 0 Å². The van der Waals surface area contributed by atoms with Crippen LogP contribution < -0.4 is 0 Å². The van der Waals surface area contributed by atoms with Crippen molar-refractivity contribution in [3.63, 3.8) is 0 Å². The molecule has 1 saturated heterocycles. The van der Waals surface area contributed by atoms with E-state index < -0.39 is 12.8 Å². The second-order valence-corrected chi connectivity index (χ2v) is 3.44. The molecule has 3 nitrogen and oxygen atoms in total. The van der Waals surface area contributed by atoms with E-state index in [1.54, 1.807) is 0 Å². The van der Waals surface area contributed by atoms with Crippen LogP contribution in [0.3, 0.4) is 0 Å². The zero-order valence-electron chi connectivity index (χ0n) is 8.18. The molecule has 1 fully saturated rings. The zero-order chi connectivity index (χ0) is 11.3. The summed E-state index contributed by atoms with van der Waals surface area (Å²) in [5, 5.41) is 0. The van der Waals surface area contributed by atoms with Gasteiger partial charge < -0.3 is 9.47 Å². The molecular weight excluding hydrogens is 213 g/mol. The summed E-state index contributed by atoms with van der Waals surface area (Å²) in [6.07, 6.45) is -3.62. The normalized spacial score (nSPS) is 21.9. The number of ketones is 1. The van der Waals surface area contributed by atoms with Crippen molar-refractivity contribution in [3.8, 4) is 0 Å². The number of Topliss-reactive ketones (excluding diaryl/α,β-unsaturated/α-hetero) is 1. The molecular formula is C9H13F3O3. The van der Waals surface area contributed by atoms with Crippen molar-refractivity contribution in [2.45, 2.75) is 19.0 Å². The van der Waals surface area contributed by atoms with Gasteiger partial charge in [-0.2, -0.15) is 13.2 Å². The Morgan fingerprint density at radius 1 is 1.47 bits per heavy atom. The minimum atomic E-state index is -4.32. The van der Waals surface area contributed by atoms with Gasteiger partial charge in [0.05, 0.1) is 13.2 Å². The molecule has 0 aromatic rings. The lowest BCUT2D eigenvalue weighted by atomic mass is 10.0. The monoisotopic (exact) mass is 226 g/mol. The molecule has 0 spiro atoms. The predicted molar refractivity (Wildman–Crippen MR) is 45.4 cm³/mol. The third kappa shape index (κ3) is 5.13. The molecule has 1 aliphatic heterocycles. The highest BCUT2D eigenvalue weighted by Crippen LogP contribution is 2.16. The van der Waals surface area contributed by atoms with Crippen LogP contribution in [0.4, 0.5) is 13.2 Å². The van der Waals surface area contributed by atoms with Gasteiger partial charge in [0.2, 0.25) is 0 Å². The van der Waals surface area contributed by atoms with E-state index in [9.17, 15) is 18.0 Å². The van der Waals surface area contributed by atoms with Crippen molar-refractivity contribution in [3.05, 3.63) is 0 Å². The highest BCUT2D eigenvalue weighted by Gasteiger charge is 2.28. The average Bonchev–Trinajstić information content (AvgIpc) is 2.63. The van der Waals surface area contributed by atoms with Gasteiger partial charge in [-0.05, 0) is 6.42 Å². The van der Waals surface area contributed by atoms with Crippen molar-refractivity contribution in [2.24, 2.45) is 5.92 Å². The van der Waals surface area contributed by atoms with Gasteiger partial charge in [-0.15, -0.1) is 0 Å². The molecule has 1 rings (SSSR count). The number of carbonyl (C=O) groups excluding carboxylic acids is 1. The quantitative estimate of drug-likeness (QED) is 0.667. The number of rotatable bonds is 5. The standard InChI is InChI=1S/C9H13F3O3/c10-9(11,12)6-15-4-2-8(13)7-1-3-14-5-7/h7H,1-6H2. The third-order valence-electron chi connectivity index (χ3n) is 2.14. The Morgan fingerprint density at radius 3 is 2.73 bits per heavy atom. The van der Waals surface area contributed by atoms with Crippen LogP contribution in [0.15, 0.2) is 0 Å². The molecule has 1 aliphatic rings. The second-order valence-electron chi connectivity index (χ2n) is 3.44. The van der Waals surface area contributed by atoms with Gasteiger partial charge in [-0.25, -0.2) is 0 Å². The van der Waals surface area contributed by atoms with Crippen LogP contribution in [-0.2, 0) is 14.3 Å². The first-order valence-electron chi connectivity index (χ1n) is 4.74. The first-order valence-corrected chi connectivity index (χ1v) is 4.74. The van der Waals surface area contributed by atoms with Crippen LogP contribution in [0, 0.1) is 5.92 Å². The molecule has 0 amide bonds. The van der Waals surface area contributed by atoms with Crippen molar-refractivity contribution in [2.75, 3.05) is 26.4 Å². The summed E-state index contributed by atoms with van der Waals surface area (Å²) in [6, 6.07) is 0. The first kappa shape index (κ1) is 12.4. The molecule has 0 radical (unpaired) electrons. The number of carbonyl (C=O) groups is 1. The topological polar surface area (TPSA) is 35.5 Å². The average molecular weight is 226 g/mol. The highest BCUT2D eigenvalue weighted by molar-refractivity contribution is 5.81. The molecule has 0 aromatic carbocycles. The fourth-order valence-electron chi connectivity index (χ4n) is 1.35. The van der Waals surface area contributed by atoms with E-state index >= 15 is 0 Å². The summed E-state index contributed by atoms with van der Waals surface area (Å²) >= 11 is 0. The van der Waals surface area contributed by atoms with E-state index in [-0.39, 0.29) is 24.7 Å². The fraction of sp³-hybridized carbons (Fsp3) is 0.889. The Bertz CT molecular complexity index is 209. The summed E-state index contributed by atoms with van der Waals surface area (Å²) in [7, 11) is 0. The number of halogens is 3. The summed E-state index contributed by atoms with van der Waals surface area (Å²) in [5.74, 6) is -0.228. The minimum absolute atomic E-state index is 0.0319. The van der Waals surface area contributed by atoms with E-state index in [1.165, 1.54) is 0 Å². The lowest BCUT2D eigenvalue weighted by molar-refractivity contribution is -0.174. The Labute approximate surface area is 85.5 Å². The Morgan fingerprint density at radius 2 is 2.20 bits per heavy atom. The molecule has 1 unspecified atom stereocenters. The van der Waals surface area contributed by atoms with Gasteiger partial charge in [0, 0.05) is 18.9 Å². The van der Waals surface area contributed by atoms with E-state index in [0.717, 1.165) is 0 Å². The van der Waals surface area contributed by atoms with Gasteiger partial charge in [0.15, 0.2) is 0 Å². The van der Waals surface area contributed by atoms with Gasteiger partial charge in [0.25, 0.3) is 0 Å². The minimum Gasteiger partial charge on any atom is -0.381 e. The van der Waals surface area contributed by atoms with Gasteiger partial charge in [0.1, 0.15) is 12.4 Å². The Balaban J connectivity index is 2.07. The molecule has 1 atom stereocenters. The molecule has 0 saturated carbocycles. The van der Waals surface area contributed by atoms with Gasteiger partial charge in [-0.3, -0.25) is 4.79 Å². The molecule has 15 heavy (non-hydrogen) atoms. The molecule has 88 valence electrons. The van der Waals surface area contributed by atoms with Crippen LogP contribution in [0.2, 0.25) is 0 Å². The Kier molecular flexibility index (Phi) is 4.53. The zero-order valence-corrected chi connectivity index (χ0v) is 8.18. The third-order valence-corrected chi connectivity index (χ3v) is 2.14. The van der Waals surface area contributed by atoms with Crippen molar-refractivity contribution in [1.29, 1.82) is 0 Å². The smallest absolute Gasteiger partial charge is 0.381 e. The predicted octanol–water partition coefficient (Wildman–Crippen LogP) is 1.56. The maximum atomic E-state index is 11.7. The number of hydrogen-bond acceptors (Lipinski definition) is 3. The number of alkyl halides is 3. The summed E-state index contributed by atoms with van der Waals surface area (Å²) in [5.41, 5.74) is 0. The fourth-order valence-corrected chi connectivity index (χ4v) is 1.35. The second kappa shape index (κ2) is 5.46. The molecule has 0 aromatic heterocycles. The summed E-state index contributed by atoms with van der Waals surface area (Å²) in [4.78, 5) is 11.3. The molecule has 1 heterocycles. The molecule has 0 N–H and O–H groups in total. The molecule has 0 aliphatic carbocycles. The van der Waals surface area contributed by atoms with Crippen LogP contribution in [-0.4, -0.2) is 38.4 Å². The van der Waals surface area contributed by atoms with Gasteiger partial charge in [-0.1, -0.05) is 0 Å². The number of ether oxygens (including phenoxy) is 2.